The van der Waals surface area contributed by atoms with Gasteiger partial charge in [-0.25, -0.2) is 9.97 Å². The largest absolute Gasteiger partial charge is 0.436 e. The molecule has 0 unspecified atom stereocenters. The lowest BCUT2D eigenvalue weighted by atomic mass is 10.0. The van der Waals surface area contributed by atoms with Gasteiger partial charge in [0.25, 0.3) is 0 Å². The van der Waals surface area contributed by atoms with Gasteiger partial charge in [0.15, 0.2) is 0 Å². The molecule has 0 radical (unpaired) electrons. The number of aromatic nitrogens is 2. The molecule has 3 nitrogen and oxygen atoms in total. The van der Waals surface area contributed by atoms with Crippen LogP contribution in [0.1, 0.15) is 17.5 Å². The van der Waals surface area contributed by atoms with Crippen LogP contribution in [0, 0.1) is 0 Å². The number of rotatable bonds is 1. The molecular weight excluding hydrogens is 332 g/mol. The highest BCUT2D eigenvalue weighted by Gasteiger charge is 2.16. The Balaban J connectivity index is 1.78. The normalized spacial score (nSPS) is 13.3. The zero-order valence-corrected chi connectivity index (χ0v) is 14.0. The molecular formula is C21H13ClN2O. The van der Waals surface area contributed by atoms with Crippen LogP contribution in [0.25, 0.3) is 45.6 Å². The van der Waals surface area contributed by atoms with E-state index in [4.69, 9.17) is 16.0 Å². The van der Waals surface area contributed by atoms with Crippen molar-refractivity contribution < 1.29 is 4.42 Å². The number of allylic oxidation sites excluding steroid dienone is 2. The van der Waals surface area contributed by atoms with Gasteiger partial charge in [0.1, 0.15) is 11.1 Å². The molecule has 0 atom stereocenters. The Labute approximate surface area is 149 Å². The van der Waals surface area contributed by atoms with E-state index in [9.17, 15) is 0 Å². The summed E-state index contributed by atoms with van der Waals surface area (Å²) in [6.07, 6.45) is 11.3. The maximum Gasteiger partial charge on any atom is 0.246 e. The molecule has 0 bridgehead atoms. The molecule has 2 heterocycles. The van der Waals surface area contributed by atoms with Crippen LogP contribution in [0.2, 0.25) is 5.02 Å². The van der Waals surface area contributed by atoms with Crippen LogP contribution >= 0.6 is 11.6 Å². The number of halogens is 1. The van der Waals surface area contributed by atoms with E-state index < -0.39 is 0 Å². The minimum Gasteiger partial charge on any atom is -0.436 e. The van der Waals surface area contributed by atoms with E-state index in [2.05, 4.69) is 40.3 Å². The predicted molar refractivity (Wildman–Crippen MR) is 102 cm³/mol. The van der Waals surface area contributed by atoms with Crippen LogP contribution in [0.4, 0.5) is 0 Å². The van der Waals surface area contributed by atoms with Gasteiger partial charge in [0.05, 0.1) is 17.3 Å². The fraction of sp³-hybridized carbons (Fsp3) is 0.0476. The van der Waals surface area contributed by atoms with Crippen LogP contribution in [0.15, 0.2) is 59.2 Å². The fourth-order valence-electron chi connectivity index (χ4n) is 3.24. The maximum atomic E-state index is 6.09. The summed E-state index contributed by atoms with van der Waals surface area (Å²) in [6.45, 7) is 0. The molecule has 0 saturated carbocycles. The summed E-state index contributed by atoms with van der Waals surface area (Å²) in [5.41, 5.74) is 6.11. The van der Waals surface area contributed by atoms with Crippen molar-refractivity contribution in [3.63, 3.8) is 0 Å². The van der Waals surface area contributed by atoms with Gasteiger partial charge in [0, 0.05) is 10.6 Å². The zero-order chi connectivity index (χ0) is 16.8. The standard InChI is InChI=1S/C21H13ClN2O/c22-15-7-4-6-14(11-15)17-12-23-20-19-16-8-3-1-2-5-13(16)9-10-18(19)25-21(20)24-17/h2-12H,1H2. The Morgan fingerprint density at radius 2 is 1.96 bits per heavy atom. The lowest BCUT2D eigenvalue weighted by molar-refractivity contribution is 0.653. The summed E-state index contributed by atoms with van der Waals surface area (Å²) in [4.78, 5) is 9.32. The smallest absolute Gasteiger partial charge is 0.246 e. The monoisotopic (exact) mass is 344 g/mol. The lowest BCUT2D eigenvalue weighted by Crippen LogP contribution is -1.87. The molecule has 1 aliphatic rings. The Morgan fingerprint density at radius 1 is 1.04 bits per heavy atom. The second-order valence-corrected chi connectivity index (χ2v) is 6.44. The van der Waals surface area contributed by atoms with Crippen molar-refractivity contribution in [2.45, 2.75) is 6.42 Å². The van der Waals surface area contributed by atoms with Crippen LogP contribution in [0.5, 0.6) is 0 Å². The third-order valence-corrected chi connectivity index (χ3v) is 4.63. The molecule has 0 saturated heterocycles. The van der Waals surface area contributed by atoms with Gasteiger partial charge in [-0.1, -0.05) is 54.1 Å². The second-order valence-electron chi connectivity index (χ2n) is 6.00. The molecule has 4 aromatic rings. The first-order chi connectivity index (χ1) is 12.3. The van der Waals surface area contributed by atoms with E-state index in [1.54, 1.807) is 6.20 Å². The molecule has 2 aromatic carbocycles. The minimum absolute atomic E-state index is 0.544. The van der Waals surface area contributed by atoms with E-state index in [0.29, 0.717) is 10.7 Å². The van der Waals surface area contributed by atoms with Crippen molar-refractivity contribution in [3.05, 3.63) is 70.9 Å². The Morgan fingerprint density at radius 3 is 2.88 bits per heavy atom. The zero-order valence-electron chi connectivity index (χ0n) is 13.2. The van der Waals surface area contributed by atoms with Crippen LogP contribution < -0.4 is 0 Å². The highest BCUT2D eigenvalue weighted by atomic mass is 35.5. The van der Waals surface area contributed by atoms with Crippen LogP contribution in [-0.2, 0) is 0 Å². The first kappa shape index (κ1) is 14.4. The molecule has 0 fully saturated rings. The highest BCUT2D eigenvalue weighted by molar-refractivity contribution is 6.30. The van der Waals surface area contributed by atoms with Crippen molar-refractivity contribution in [3.8, 4) is 11.3 Å². The summed E-state index contributed by atoms with van der Waals surface area (Å²) >= 11 is 6.09. The van der Waals surface area contributed by atoms with Crippen molar-refractivity contribution in [1.29, 1.82) is 0 Å². The first-order valence-electron chi connectivity index (χ1n) is 8.11. The number of hydrogen-bond donors (Lipinski definition) is 0. The number of benzene rings is 2. The van der Waals surface area contributed by atoms with E-state index in [-0.39, 0.29) is 0 Å². The van der Waals surface area contributed by atoms with Crippen LogP contribution in [0.3, 0.4) is 0 Å². The van der Waals surface area contributed by atoms with Crippen molar-refractivity contribution in [1.82, 2.24) is 9.97 Å². The van der Waals surface area contributed by atoms with Crippen LogP contribution in [-0.4, -0.2) is 9.97 Å². The molecule has 1 aliphatic carbocycles. The second kappa shape index (κ2) is 5.57. The van der Waals surface area contributed by atoms with Gasteiger partial charge >= 0.3 is 0 Å². The highest BCUT2D eigenvalue weighted by Crippen LogP contribution is 2.34. The van der Waals surface area contributed by atoms with Gasteiger partial charge in [-0.2, -0.15) is 0 Å². The average Bonchev–Trinajstić information content (AvgIpc) is 2.83. The summed E-state index contributed by atoms with van der Waals surface area (Å²) in [5.74, 6) is 0. The fourth-order valence-corrected chi connectivity index (χ4v) is 3.43. The summed E-state index contributed by atoms with van der Waals surface area (Å²) in [6, 6.07) is 11.6. The van der Waals surface area contributed by atoms with E-state index >= 15 is 0 Å². The van der Waals surface area contributed by atoms with Gasteiger partial charge in [0.2, 0.25) is 5.71 Å². The topological polar surface area (TPSA) is 38.9 Å². The molecule has 2 aromatic heterocycles. The lowest BCUT2D eigenvalue weighted by Gasteiger charge is -2.02. The molecule has 0 amide bonds. The third-order valence-electron chi connectivity index (χ3n) is 4.40. The molecule has 5 rings (SSSR count). The molecule has 120 valence electrons. The maximum absolute atomic E-state index is 6.09. The third kappa shape index (κ3) is 2.36. The summed E-state index contributed by atoms with van der Waals surface area (Å²) < 4.78 is 5.99. The number of fused-ring (bicyclic) bond motifs is 5. The molecule has 0 aliphatic heterocycles. The summed E-state index contributed by atoms with van der Waals surface area (Å²) in [5, 5.41) is 1.69. The molecule has 0 N–H and O–H groups in total. The van der Waals surface area contributed by atoms with Gasteiger partial charge in [-0.05, 0) is 35.7 Å². The van der Waals surface area contributed by atoms with Crippen molar-refractivity contribution in [2.75, 3.05) is 0 Å². The predicted octanol–water partition coefficient (Wildman–Crippen LogP) is 6.13. The number of hydrogen-bond acceptors (Lipinski definition) is 3. The van der Waals surface area contributed by atoms with Gasteiger partial charge < -0.3 is 4.42 Å². The number of furan rings is 1. The first-order valence-corrected chi connectivity index (χ1v) is 8.49. The molecule has 0 spiro atoms. The quantitative estimate of drug-likeness (QED) is 0.417. The molecule has 25 heavy (non-hydrogen) atoms. The Bertz CT molecular complexity index is 1190. The van der Waals surface area contributed by atoms with Gasteiger partial charge in [-0.3, -0.25) is 0 Å². The Hall–Kier alpha value is -2.91. The summed E-state index contributed by atoms with van der Waals surface area (Å²) in [7, 11) is 0. The molecule has 4 heteroatoms. The Kier molecular flexibility index (Phi) is 3.22. The average molecular weight is 345 g/mol. The SMILES string of the molecule is Clc1cccc(-c2cnc3c(n2)oc2ccc4c(c23)C=CCC=C4)c1. The van der Waals surface area contributed by atoms with Crippen molar-refractivity contribution >= 4 is 46.0 Å². The minimum atomic E-state index is 0.544. The van der Waals surface area contributed by atoms with E-state index in [1.807, 2.05) is 30.3 Å². The number of nitrogens with zero attached hydrogens (tertiary/aromatic N) is 2. The van der Waals surface area contributed by atoms with E-state index in [0.717, 1.165) is 39.7 Å². The van der Waals surface area contributed by atoms with Crippen molar-refractivity contribution in [2.24, 2.45) is 0 Å². The van der Waals surface area contributed by atoms with E-state index in [1.165, 1.54) is 5.56 Å². The van der Waals surface area contributed by atoms with Gasteiger partial charge in [-0.15, -0.1) is 0 Å².